The van der Waals surface area contributed by atoms with Crippen molar-refractivity contribution in [3.63, 3.8) is 0 Å². The molecule has 0 heterocycles. The van der Waals surface area contributed by atoms with E-state index in [9.17, 15) is 9.90 Å². The van der Waals surface area contributed by atoms with E-state index >= 15 is 0 Å². The molecule has 2 N–H and O–H groups in total. The lowest BCUT2D eigenvalue weighted by Crippen LogP contribution is -2.35. The molecule has 0 spiro atoms. The molecule has 4 heteroatoms. The van der Waals surface area contributed by atoms with Crippen LogP contribution in [0.3, 0.4) is 0 Å². The highest BCUT2D eigenvalue weighted by Crippen LogP contribution is 2.48. The summed E-state index contributed by atoms with van der Waals surface area (Å²) in [5, 5.41) is 12.6. The van der Waals surface area contributed by atoms with E-state index in [1.165, 1.54) is 11.1 Å². The van der Waals surface area contributed by atoms with E-state index in [1.807, 2.05) is 12.1 Å². The van der Waals surface area contributed by atoms with Gasteiger partial charge in [-0.05, 0) is 36.3 Å². The molecule has 1 aromatic rings. The summed E-state index contributed by atoms with van der Waals surface area (Å²) in [6, 6.07) is 8.22. The maximum absolute atomic E-state index is 12.1. The number of nitrogens with one attached hydrogen (secondary N) is 1. The fraction of sp³-hybridized carbons (Fsp3) is 0.611. The third-order valence-corrected chi connectivity index (χ3v) is 3.99. The van der Waals surface area contributed by atoms with Crippen LogP contribution in [0.15, 0.2) is 24.3 Å². The number of amides is 1. The summed E-state index contributed by atoms with van der Waals surface area (Å²) in [6.45, 7) is 7.36. The molecule has 0 saturated heterocycles. The molecule has 1 saturated carbocycles. The molecule has 1 aliphatic rings. The summed E-state index contributed by atoms with van der Waals surface area (Å²) in [5.41, 5.74) is 2.51. The first-order chi connectivity index (χ1) is 10.5. The van der Waals surface area contributed by atoms with Gasteiger partial charge in [0.05, 0.1) is 12.7 Å². The molecular formula is C18H27NO3. The van der Waals surface area contributed by atoms with Crippen LogP contribution < -0.4 is 5.32 Å². The highest BCUT2D eigenvalue weighted by Gasteiger charge is 2.44. The van der Waals surface area contributed by atoms with E-state index < -0.39 is 6.10 Å². The van der Waals surface area contributed by atoms with Crippen LogP contribution >= 0.6 is 0 Å². The number of rotatable bonds is 8. The Bertz CT molecular complexity index is 501. The van der Waals surface area contributed by atoms with E-state index in [2.05, 4.69) is 38.2 Å². The van der Waals surface area contributed by atoms with Gasteiger partial charge in [-0.25, -0.2) is 0 Å². The van der Waals surface area contributed by atoms with E-state index in [1.54, 1.807) is 0 Å². The first-order valence-electron chi connectivity index (χ1n) is 8.08. The van der Waals surface area contributed by atoms with Crippen molar-refractivity contribution in [3.8, 4) is 0 Å². The van der Waals surface area contributed by atoms with Gasteiger partial charge in [0.2, 0.25) is 5.91 Å². The van der Waals surface area contributed by atoms with Gasteiger partial charge in [0.1, 0.15) is 0 Å². The molecule has 4 nitrogen and oxygen atoms in total. The largest absolute Gasteiger partial charge is 0.389 e. The fourth-order valence-corrected chi connectivity index (χ4v) is 2.68. The van der Waals surface area contributed by atoms with Crippen molar-refractivity contribution in [1.82, 2.24) is 5.32 Å². The summed E-state index contributed by atoms with van der Waals surface area (Å²) in [6.07, 6.45) is 0.259. The Morgan fingerprint density at radius 3 is 2.77 bits per heavy atom. The van der Waals surface area contributed by atoms with Gasteiger partial charge in [0, 0.05) is 19.1 Å². The molecule has 0 aliphatic heterocycles. The van der Waals surface area contributed by atoms with Crippen molar-refractivity contribution in [2.75, 3.05) is 19.8 Å². The minimum Gasteiger partial charge on any atom is -0.389 e. The molecular weight excluding hydrogens is 278 g/mol. The standard InChI is InChI=1S/C18H27NO3/c1-12(2)10-22-11-14(20)9-19-18(21)17-8-16(17)15-7-5-4-6-13(15)3/h4-7,12,14,16-17,20H,8-11H2,1-3H3,(H,19,21). The Morgan fingerprint density at radius 1 is 1.36 bits per heavy atom. The SMILES string of the molecule is Cc1ccccc1C1CC1C(=O)NCC(O)COCC(C)C. The molecule has 3 atom stereocenters. The Morgan fingerprint density at radius 2 is 2.09 bits per heavy atom. The molecule has 0 aromatic heterocycles. The second-order valence-corrected chi connectivity index (χ2v) is 6.64. The number of ether oxygens (including phenoxy) is 1. The molecule has 1 aliphatic carbocycles. The molecule has 1 amide bonds. The Kier molecular flexibility index (Phi) is 5.98. The van der Waals surface area contributed by atoms with Gasteiger partial charge in [-0.3, -0.25) is 4.79 Å². The zero-order valence-electron chi connectivity index (χ0n) is 13.7. The van der Waals surface area contributed by atoms with Crippen LogP contribution in [0.2, 0.25) is 0 Å². The van der Waals surface area contributed by atoms with Gasteiger partial charge in [0.25, 0.3) is 0 Å². The number of aryl methyl sites for hydroxylation is 1. The molecule has 22 heavy (non-hydrogen) atoms. The normalized spacial score (nSPS) is 21.7. The van der Waals surface area contributed by atoms with Crippen molar-refractivity contribution in [3.05, 3.63) is 35.4 Å². The highest BCUT2D eigenvalue weighted by atomic mass is 16.5. The van der Waals surface area contributed by atoms with E-state index in [0.29, 0.717) is 18.4 Å². The van der Waals surface area contributed by atoms with Crippen molar-refractivity contribution < 1.29 is 14.6 Å². The van der Waals surface area contributed by atoms with Gasteiger partial charge >= 0.3 is 0 Å². The number of aliphatic hydroxyl groups excluding tert-OH is 1. The summed E-state index contributed by atoms with van der Waals surface area (Å²) < 4.78 is 5.37. The maximum Gasteiger partial charge on any atom is 0.223 e. The lowest BCUT2D eigenvalue weighted by molar-refractivity contribution is -0.123. The minimum atomic E-state index is -0.640. The maximum atomic E-state index is 12.1. The molecule has 0 radical (unpaired) electrons. The summed E-state index contributed by atoms with van der Waals surface area (Å²) in [5.74, 6) is 0.861. The number of hydrogen-bond donors (Lipinski definition) is 2. The third kappa shape index (κ3) is 4.82. The molecule has 0 bridgehead atoms. The van der Waals surface area contributed by atoms with Crippen LogP contribution in [-0.2, 0) is 9.53 Å². The van der Waals surface area contributed by atoms with Crippen LogP contribution in [0.25, 0.3) is 0 Å². The molecule has 1 fully saturated rings. The molecule has 2 rings (SSSR count). The van der Waals surface area contributed by atoms with Crippen molar-refractivity contribution in [2.24, 2.45) is 11.8 Å². The summed E-state index contributed by atoms with van der Waals surface area (Å²) >= 11 is 0. The van der Waals surface area contributed by atoms with Crippen molar-refractivity contribution in [1.29, 1.82) is 0 Å². The average molecular weight is 305 g/mol. The fourth-order valence-electron chi connectivity index (χ4n) is 2.68. The van der Waals surface area contributed by atoms with Gasteiger partial charge in [0.15, 0.2) is 0 Å². The molecule has 1 aromatic carbocycles. The first kappa shape index (κ1) is 17.0. The van der Waals surface area contributed by atoms with Crippen LogP contribution in [0.5, 0.6) is 0 Å². The molecule has 122 valence electrons. The van der Waals surface area contributed by atoms with Crippen LogP contribution in [0, 0.1) is 18.8 Å². The zero-order valence-corrected chi connectivity index (χ0v) is 13.7. The Labute approximate surface area is 132 Å². The van der Waals surface area contributed by atoms with Gasteiger partial charge in [-0.1, -0.05) is 38.1 Å². The number of hydrogen-bond acceptors (Lipinski definition) is 3. The summed E-state index contributed by atoms with van der Waals surface area (Å²) in [4.78, 5) is 12.1. The second-order valence-electron chi connectivity index (χ2n) is 6.64. The van der Waals surface area contributed by atoms with Crippen molar-refractivity contribution >= 4 is 5.91 Å². The van der Waals surface area contributed by atoms with Gasteiger partial charge in [-0.2, -0.15) is 0 Å². The number of carbonyl (C=O) groups is 1. The highest BCUT2D eigenvalue weighted by molar-refractivity contribution is 5.83. The van der Waals surface area contributed by atoms with Crippen LogP contribution in [0.1, 0.15) is 37.3 Å². The predicted molar refractivity (Wildman–Crippen MR) is 86.7 cm³/mol. The number of carbonyl (C=O) groups excluding carboxylic acids is 1. The van der Waals surface area contributed by atoms with Gasteiger partial charge < -0.3 is 15.2 Å². The van der Waals surface area contributed by atoms with E-state index in [-0.39, 0.29) is 25.0 Å². The van der Waals surface area contributed by atoms with Crippen LogP contribution in [0.4, 0.5) is 0 Å². The van der Waals surface area contributed by atoms with Crippen LogP contribution in [-0.4, -0.2) is 36.9 Å². The summed E-state index contributed by atoms with van der Waals surface area (Å²) in [7, 11) is 0. The Balaban J connectivity index is 1.70. The average Bonchev–Trinajstić information content (AvgIpc) is 3.25. The lowest BCUT2D eigenvalue weighted by atomic mass is 10.0. The first-order valence-corrected chi connectivity index (χ1v) is 8.08. The van der Waals surface area contributed by atoms with Gasteiger partial charge in [-0.15, -0.1) is 0 Å². The Hall–Kier alpha value is -1.39. The van der Waals surface area contributed by atoms with Crippen molar-refractivity contribution in [2.45, 2.75) is 39.2 Å². The number of aliphatic hydroxyl groups is 1. The minimum absolute atomic E-state index is 0.0381. The third-order valence-electron chi connectivity index (χ3n) is 3.99. The van der Waals surface area contributed by atoms with E-state index in [4.69, 9.17) is 4.74 Å². The molecule has 3 unspecified atom stereocenters. The number of benzene rings is 1. The monoisotopic (exact) mass is 305 g/mol. The second kappa shape index (κ2) is 7.75. The quantitative estimate of drug-likeness (QED) is 0.774. The predicted octanol–water partition coefficient (Wildman–Crippen LogP) is 2.25. The smallest absolute Gasteiger partial charge is 0.223 e. The zero-order chi connectivity index (χ0) is 16.1. The lowest BCUT2D eigenvalue weighted by Gasteiger charge is -2.13. The topological polar surface area (TPSA) is 58.6 Å². The van der Waals surface area contributed by atoms with E-state index in [0.717, 1.165) is 6.42 Å².